The largest absolute Gasteiger partial charge is 0.397 e. The molecule has 1 heterocycles. The molecule has 0 radical (unpaired) electrons. The van der Waals surface area contributed by atoms with E-state index in [1.165, 1.54) is 19.3 Å². The summed E-state index contributed by atoms with van der Waals surface area (Å²) in [4.78, 5) is 0. The summed E-state index contributed by atoms with van der Waals surface area (Å²) in [6.07, 6.45) is 10.6. The zero-order valence-corrected chi connectivity index (χ0v) is 16.4. The van der Waals surface area contributed by atoms with Gasteiger partial charge in [0.15, 0.2) is 0 Å². The minimum atomic E-state index is -0.811. The van der Waals surface area contributed by atoms with Gasteiger partial charge in [0.2, 0.25) is 0 Å². The van der Waals surface area contributed by atoms with E-state index in [0.29, 0.717) is 5.70 Å². The number of rotatable bonds is 4. The van der Waals surface area contributed by atoms with Crippen LogP contribution in [0.1, 0.15) is 68.1 Å². The van der Waals surface area contributed by atoms with Crippen molar-refractivity contribution in [2.75, 3.05) is 13.2 Å². The standard InChI is InChI=1S/C23H32N2O2/c1-18-15-19(10-13-23(26)11-4-2-5-12-23)8-9-21(18)22(24)17-25-16-20-7-3-6-14-27-20/h8-9,15,17,20,25-26H,2-7,11-12,14,16,24H2,1H3/b22-17-. The molecule has 1 aromatic carbocycles. The highest BCUT2D eigenvalue weighted by atomic mass is 16.5. The second-order valence-corrected chi connectivity index (χ2v) is 7.87. The van der Waals surface area contributed by atoms with E-state index in [1.54, 1.807) is 0 Å². The molecule has 146 valence electrons. The van der Waals surface area contributed by atoms with Gasteiger partial charge >= 0.3 is 0 Å². The molecule has 3 rings (SSSR count). The molecule has 27 heavy (non-hydrogen) atoms. The quantitative estimate of drug-likeness (QED) is 0.712. The van der Waals surface area contributed by atoms with Crippen molar-refractivity contribution in [2.24, 2.45) is 5.73 Å². The van der Waals surface area contributed by atoms with Gasteiger partial charge in [-0.05, 0) is 69.6 Å². The molecule has 1 aliphatic heterocycles. The molecule has 1 atom stereocenters. The maximum atomic E-state index is 10.5. The minimum absolute atomic E-state index is 0.284. The van der Waals surface area contributed by atoms with Crippen molar-refractivity contribution in [3.05, 3.63) is 41.1 Å². The van der Waals surface area contributed by atoms with Crippen LogP contribution in [-0.2, 0) is 4.74 Å². The monoisotopic (exact) mass is 368 g/mol. The Labute approximate surface area is 163 Å². The molecular weight excluding hydrogens is 336 g/mol. The lowest BCUT2D eigenvalue weighted by atomic mass is 9.85. The first kappa shape index (κ1) is 19.8. The summed E-state index contributed by atoms with van der Waals surface area (Å²) >= 11 is 0. The van der Waals surface area contributed by atoms with Gasteiger partial charge in [0, 0.05) is 30.5 Å². The summed E-state index contributed by atoms with van der Waals surface area (Å²) in [5.74, 6) is 6.25. The van der Waals surface area contributed by atoms with Gasteiger partial charge in [0.1, 0.15) is 5.60 Å². The van der Waals surface area contributed by atoms with Crippen LogP contribution in [0.2, 0.25) is 0 Å². The molecule has 2 aliphatic rings. The zero-order chi connectivity index (χ0) is 19.1. The molecule has 4 nitrogen and oxygen atoms in total. The van der Waals surface area contributed by atoms with Crippen LogP contribution in [0.5, 0.6) is 0 Å². The highest BCUT2D eigenvalue weighted by molar-refractivity contribution is 5.66. The molecule has 0 bridgehead atoms. The number of aryl methyl sites for hydroxylation is 1. The van der Waals surface area contributed by atoms with Crippen LogP contribution in [0.15, 0.2) is 24.4 Å². The van der Waals surface area contributed by atoms with E-state index in [1.807, 2.05) is 31.3 Å². The molecule has 1 aliphatic carbocycles. The fourth-order valence-corrected chi connectivity index (χ4v) is 3.86. The number of aliphatic hydroxyl groups is 1. The third-order valence-corrected chi connectivity index (χ3v) is 5.53. The highest BCUT2D eigenvalue weighted by Crippen LogP contribution is 2.27. The maximum Gasteiger partial charge on any atom is 0.125 e. The Morgan fingerprint density at radius 1 is 1.30 bits per heavy atom. The Kier molecular flexibility index (Phi) is 6.82. The first-order chi connectivity index (χ1) is 13.1. The summed E-state index contributed by atoms with van der Waals surface area (Å²) in [5.41, 5.74) is 9.18. The second kappa shape index (κ2) is 9.30. The molecule has 0 spiro atoms. The van der Waals surface area contributed by atoms with Gasteiger partial charge in [-0.3, -0.25) is 0 Å². The molecule has 1 saturated carbocycles. The summed E-state index contributed by atoms with van der Waals surface area (Å²) < 4.78 is 5.72. The van der Waals surface area contributed by atoms with Crippen LogP contribution in [-0.4, -0.2) is 30.0 Å². The van der Waals surface area contributed by atoms with Gasteiger partial charge in [0.05, 0.1) is 11.8 Å². The number of hydrogen-bond acceptors (Lipinski definition) is 4. The van der Waals surface area contributed by atoms with E-state index in [-0.39, 0.29) is 6.10 Å². The van der Waals surface area contributed by atoms with Crippen LogP contribution in [0.3, 0.4) is 0 Å². The van der Waals surface area contributed by atoms with E-state index in [9.17, 15) is 5.11 Å². The van der Waals surface area contributed by atoms with Crippen LogP contribution in [0.4, 0.5) is 0 Å². The van der Waals surface area contributed by atoms with Crippen molar-refractivity contribution in [1.29, 1.82) is 0 Å². The van der Waals surface area contributed by atoms with Crippen LogP contribution in [0, 0.1) is 18.8 Å². The maximum absolute atomic E-state index is 10.5. The van der Waals surface area contributed by atoms with E-state index in [0.717, 1.165) is 61.9 Å². The number of benzene rings is 1. The molecule has 0 aromatic heterocycles. The van der Waals surface area contributed by atoms with E-state index >= 15 is 0 Å². The van der Waals surface area contributed by atoms with Gasteiger partial charge < -0.3 is 20.9 Å². The van der Waals surface area contributed by atoms with Crippen molar-refractivity contribution < 1.29 is 9.84 Å². The van der Waals surface area contributed by atoms with Gasteiger partial charge in [0.25, 0.3) is 0 Å². The molecule has 2 fully saturated rings. The fourth-order valence-electron chi connectivity index (χ4n) is 3.86. The van der Waals surface area contributed by atoms with E-state index in [4.69, 9.17) is 10.5 Å². The smallest absolute Gasteiger partial charge is 0.125 e. The normalized spacial score (nSPS) is 22.6. The van der Waals surface area contributed by atoms with Gasteiger partial charge in [-0.15, -0.1) is 0 Å². The second-order valence-electron chi connectivity index (χ2n) is 7.87. The highest BCUT2D eigenvalue weighted by Gasteiger charge is 2.26. The van der Waals surface area contributed by atoms with Gasteiger partial charge in [-0.2, -0.15) is 0 Å². The van der Waals surface area contributed by atoms with Crippen molar-refractivity contribution in [3.63, 3.8) is 0 Å². The average Bonchev–Trinajstić information content (AvgIpc) is 2.68. The van der Waals surface area contributed by atoms with Crippen molar-refractivity contribution >= 4 is 5.70 Å². The topological polar surface area (TPSA) is 67.5 Å². The number of hydrogen-bond donors (Lipinski definition) is 3. The lowest BCUT2D eigenvalue weighted by Gasteiger charge is -2.26. The molecule has 1 saturated heterocycles. The molecule has 0 amide bonds. The van der Waals surface area contributed by atoms with Crippen LogP contribution >= 0.6 is 0 Å². The summed E-state index contributed by atoms with van der Waals surface area (Å²) in [7, 11) is 0. The van der Waals surface area contributed by atoms with Crippen LogP contribution < -0.4 is 11.1 Å². The molecular formula is C23H32N2O2. The van der Waals surface area contributed by atoms with Crippen molar-refractivity contribution in [1.82, 2.24) is 5.32 Å². The van der Waals surface area contributed by atoms with Crippen molar-refractivity contribution in [2.45, 2.75) is 70.0 Å². The SMILES string of the molecule is Cc1cc(C#CC2(O)CCCCC2)ccc1/C(N)=C/NCC1CCCCO1. The summed E-state index contributed by atoms with van der Waals surface area (Å²) in [6, 6.07) is 6.03. The van der Waals surface area contributed by atoms with E-state index < -0.39 is 5.60 Å². The third-order valence-electron chi connectivity index (χ3n) is 5.53. The number of nitrogens with one attached hydrogen (secondary N) is 1. The number of ether oxygens (including phenoxy) is 1. The Bertz CT molecular complexity index is 718. The number of nitrogens with two attached hydrogens (primary N) is 1. The predicted octanol–water partition coefficient (Wildman–Crippen LogP) is 3.46. The zero-order valence-electron chi connectivity index (χ0n) is 16.4. The molecule has 4 N–H and O–H groups in total. The molecule has 1 aromatic rings. The Morgan fingerprint density at radius 2 is 2.11 bits per heavy atom. The molecule has 4 heteroatoms. The summed E-state index contributed by atoms with van der Waals surface area (Å²) in [6.45, 7) is 3.70. The Morgan fingerprint density at radius 3 is 2.81 bits per heavy atom. The van der Waals surface area contributed by atoms with Gasteiger partial charge in [-0.25, -0.2) is 0 Å². The lowest BCUT2D eigenvalue weighted by Crippen LogP contribution is -2.29. The van der Waals surface area contributed by atoms with Crippen LogP contribution in [0.25, 0.3) is 5.70 Å². The Balaban J connectivity index is 1.61. The Hall–Kier alpha value is -1.96. The van der Waals surface area contributed by atoms with Gasteiger partial charge in [-0.1, -0.05) is 24.3 Å². The molecule has 1 unspecified atom stereocenters. The first-order valence-corrected chi connectivity index (χ1v) is 10.2. The summed E-state index contributed by atoms with van der Waals surface area (Å²) in [5, 5.41) is 13.8. The predicted molar refractivity (Wildman–Crippen MR) is 110 cm³/mol. The average molecular weight is 369 g/mol. The lowest BCUT2D eigenvalue weighted by molar-refractivity contribution is 0.0188. The van der Waals surface area contributed by atoms with E-state index in [2.05, 4.69) is 17.2 Å². The first-order valence-electron chi connectivity index (χ1n) is 10.2. The third kappa shape index (κ3) is 5.76. The van der Waals surface area contributed by atoms with Crippen molar-refractivity contribution in [3.8, 4) is 11.8 Å². The minimum Gasteiger partial charge on any atom is -0.397 e. The fraction of sp³-hybridized carbons (Fsp3) is 0.565.